The van der Waals surface area contributed by atoms with Crippen LogP contribution in [0.4, 0.5) is 4.79 Å². The topological polar surface area (TPSA) is 77.2 Å². The molecule has 4 heterocycles. The maximum absolute atomic E-state index is 13.2. The summed E-state index contributed by atoms with van der Waals surface area (Å²) in [5.41, 5.74) is 6.70. The fourth-order valence-corrected chi connectivity index (χ4v) is 4.77. The number of rotatable bonds is 3. The number of carbonyl (C=O) groups excluding carboxylic acids is 1. The predicted molar refractivity (Wildman–Crippen MR) is 120 cm³/mol. The van der Waals surface area contributed by atoms with E-state index < -0.39 is 0 Å². The van der Waals surface area contributed by atoms with Gasteiger partial charge < -0.3 is 15.1 Å². The van der Waals surface area contributed by atoms with Gasteiger partial charge in [-0.3, -0.25) is 10.1 Å². The van der Waals surface area contributed by atoms with Crippen molar-refractivity contribution in [2.75, 3.05) is 26.7 Å². The van der Waals surface area contributed by atoms with E-state index in [0.29, 0.717) is 19.0 Å². The normalized spacial score (nSPS) is 21.2. The number of likely N-dealkylation sites (tertiary alicyclic amines) is 1. The molecule has 0 bridgehead atoms. The molecule has 2 aliphatic rings. The van der Waals surface area contributed by atoms with E-state index in [1.54, 1.807) is 12.4 Å². The Morgan fingerprint density at radius 3 is 2.68 bits per heavy atom. The number of aromatic nitrogens is 3. The molecule has 7 heteroatoms. The van der Waals surface area contributed by atoms with Crippen molar-refractivity contribution in [1.82, 2.24) is 30.3 Å². The number of pyridine rings is 1. The predicted octanol–water partition coefficient (Wildman–Crippen LogP) is 2.95. The molecule has 160 valence electrons. The quantitative estimate of drug-likeness (QED) is 0.688. The second-order valence-corrected chi connectivity index (χ2v) is 8.73. The summed E-state index contributed by atoms with van der Waals surface area (Å²) in [6.45, 7) is 5.16. The van der Waals surface area contributed by atoms with Crippen molar-refractivity contribution in [2.24, 2.45) is 0 Å². The number of carbonyl (C=O) groups is 1. The standard InChI is InChI=1S/C24H28N6O/c1-16-3-5-17(6-4-16)19-13-29(2)15-22(19)26-24(31)30-12-9-21-20(14-30)23(28-27-21)18-7-10-25-11-8-18/h3-8,10-11,19,22H,9,12-15H2,1-2H3,(H,26,31)(H,27,28). The van der Waals surface area contributed by atoms with Crippen LogP contribution in [0.2, 0.25) is 0 Å². The van der Waals surface area contributed by atoms with E-state index in [-0.39, 0.29) is 12.1 Å². The molecule has 2 unspecified atom stereocenters. The van der Waals surface area contributed by atoms with Crippen LogP contribution in [0.1, 0.15) is 28.3 Å². The van der Waals surface area contributed by atoms with Gasteiger partial charge in [0.25, 0.3) is 0 Å². The molecule has 2 N–H and O–H groups in total. The van der Waals surface area contributed by atoms with Crippen LogP contribution in [0.3, 0.4) is 0 Å². The summed E-state index contributed by atoms with van der Waals surface area (Å²) < 4.78 is 0. The minimum atomic E-state index is 0.00457. The monoisotopic (exact) mass is 416 g/mol. The number of H-pyrrole nitrogens is 1. The zero-order valence-corrected chi connectivity index (χ0v) is 18.0. The van der Waals surface area contributed by atoms with Crippen LogP contribution in [-0.2, 0) is 13.0 Å². The molecule has 7 nitrogen and oxygen atoms in total. The third-order valence-electron chi connectivity index (χ3n) is 6.49. The fourth-order valence-electron chi connectivity index (χ4n) is 4.77. The first-order valence-electron chi connectivity index (χ1n) is 10.9. The van der Waals surface area contributed by atoms with Crippen LogP contribution in [0, 0.1) is 6.92 Å². The molecule has 0 aliphatic carbocycles. The number of fused-ring (bicyclic) bond motifs is 1. The minimum Gasteiger partial charge on any atom is -0.333 e. The maximum atomic E-state index is 13.2. The molecule has 5 rings (SSSR count). The lowest BCUT2D eigenvalue weighted by molar-refractivity contribution is 0.187. The molecule has 2 aliphatic heterocycles. The first-order chi connectivity index (χ1) is 15.1. The number of aromatic amines is 1. The second kappa shape index (κ2) is 8.15. The minimum absolute atomic E-state index is 0.00457. The van der Waals surface area contributed by atoms with Crippen molar-refractivity contribution in [2.45, 2.75) is 31.8 Å². The fraction of sp³-hybridized carbons (Fsp3) is 0.375. The van der Waals surface area contributed by atoms with Gasteiger partial charge in [0.05, 0.1) is 18.3 Å². The van der Waals surface area contributed by atoms with E-state index in [2.05, 4.69) is 63.6 Å². The highest BCUT2D eigenvalue weighted by atomic mass is 16.2. The average molecular weight is 417 g/mol. The summed E-state index contributed by atoms with van der Waals surface area (Å²) in [6.07, 6.45) is 4.32. The molecule has 31 heavy (non-hydrogen) atoms. The number of urea groups is 1. The summed E-state index contributed by atoms with van der Waals surface area (Å²) in [6, 6.07) is 12.7. The lowest BCUT2D eigenvalue weighted by Gasteiger charge is -2.30. The number of hydrogen-bond donors (Lipinski definition) is 2. The highest BCUT2D eigenvalue weighted by molar-refractivity contribution is 5.76. The van der Waals surface area contributed by atoms with E-state index in [0.717, 1.165) is 42.0 Å². The van der Waals surface area contributed by atoms with Crippen molar-refractivity contribution < 1.29 is 4.79 Å². The van der Waals surface area contributed by atoms with E-state index >= 15 is 0 Å². The number of amides is 2. The molecule has 1 saturated heterocycles. The first-order valence-corrected chi connectivity index (χ1v) is 10.9. The zero-order chi connectivity index (χ0) is 21.4. The van der Waals surface area contributed by atoms with Gasteiger partial charge in [0.1, 0.15) is 0 Å². The summed E-state index contributed by atoms with van der Waals surface area (Å²) >= 11 is 0. The number of nitrogens with one attached hydrogen (secondary N) is 2. The molecular formula is C24H28N6O. The van der Waals surface area contributed by atoms with Gasteiger partial charge in [0.15, 0.2) is 0 Å². The van der Waals surface area contributed by atoms with Crippen LogP contribution in [-0.4, -0.2) is 63.7 Å². The number of likely N-dealkylation sites (N-methyl/N-ethyl adjacent to an activating group) is 1. The summed E-state index contributed by atoms with van der Waals surface area (Å²) in [4.78, 5) is 21.5. The van der Waals surface area contributed by atoms with Gasteiger partial charge in [-0.25, -0.2) is 4.79 Å². The first kappa shape index (κ1) is 19.8. The third kappa shape index (κ3) is 3.93. The van der Waals surface area contributed by atoms with E-state index in [4.69, 9.17) is 0 Å². The number of nitrogens with zero attached hydrogens (tertiary/aromatic N) is 4. The van der Waals surface area contributed by atoms with Gasteiger partial charge in [-0.1, -0.05) is 29.8 Å². The lowest BCUT2D eigenvalue weighted by Crippen LogP contribution is -2.48. The van der Waals surface area contributed by atoms with E-state index in [9.17, 15) is 4.79 Å². The SMILES string of the molecule is Cc1ccc(C2CN(C)CC2NC(=O)N2CCc3[nH]nc(-c4ccncc4)c3C2)cc1. The molecule has 2 aromatic heterocycles. The van der Waals surface area contributed by atoms with Crippen molar-refractivity contribution in [1.29, 1.82) is 0 Å². The van der Waals surface area contributed by atoms with E-state index in [1.165, 1.54) is 11.1 Å². The van der Waals surface area contributed by atoms with Crippen LogP contribution in [0.15, 0.2) is 48.8 Å². The Morgan fingerprint density at radius 2 is 1.90 bits per heavy atom. The van der Waals surface area contributed by atoms with E-state index in [1.807, 2.05) is 17.0 Å². The van der Waals surface area contributed by atoms with Gasteiger partial charge in [-0.05, 0) is 31.7 Å². The van der Waals surface area contributed by atoms with Crippen molar-refractivity contribution in [3.8, 4) is 11.3 Å². The molecule has 3 aromatic rings. The highest BCUT2D eigenvalue weighted by Gasteiger charge is 2.35. The Morgan fingerprint density at radius 1 is 1.13 bits per heavy atom. The Labute approximate surface area is 182 Å². The number of benzene rings is 1. The molecule has 1 fully saturated rings. The van der Waals surface area contributed by atoms with Gasteiger partial charge in [-0.15, -0.1) is 0 Å². The molecule has 2 amide bonds. The van der Waals surface area contributed by atoms with Crippen molar-refractivity contribution in [3.05, 3.63) is 71.2 Å². The number of hydrogen-bond acceptors (Lipinski definition) is 4. The van der Waals surface area contributed by atoms with Gasteiger partial charge in [0.2, 0.25) is 0 Å². The van der Waals surface area contributed by atoms with Gasteiger partial charge in [0, 0.05) is 61.2 Å². The largest absolute Gasteiger partial charge is 0.333 e. The highest BCUT2D eigenvalue weighted by Crippen LogP contribution is 2.30. The summed E-state index contributed by atoms with van der Waals surface area (Å²) in [5, 5.41) is 11.0. The lowest BCUT2D eigenvalue weighted by atomic mass is 9.93. The summed E-state index contributed by atoms with van der Waals surface area (Å²) in [7, 11) is 2.12. The Hall–Kier alpha value is -3.19. The maximum Gasteiger partial charge on any atom is 0.317 e. The third-order valence-corrected chi connectivity index (χ3v) is 6.49. The smallest absolute Gasteiger partial charge is 0.317 e. The van der Waals surface area contributed by atoms with Crippen LogP contribution in [0.5, 0.6) is 0 Å². The second-order valence-electron chi connectivity index (χ2n) is 8.73. The Bertz CT molecular complexity index is 1060. The average Bonchev–Trinajstić information content (AvgIpc) is 3.37. The zero-order valence-electron chi connectivity index (χ0n) is 18.0. The van der Waals surface area contributed by atoms with Gasteiger partial charge >= 0.3 is 6.03 Å². The molecule has 0 saturated carbocycles. The molecule has 0 radical (unpaired) electrons. The molecular weight excluding hydrogens is 388 g/mol. The van der Waals surface area contributed by atoms with Crippen molar-refractivity contribution >= 4 is 6.03 Å². The number of aryl methyl sites for hydroxylation is 1. The van der Waals surface area contributed by atoms with Crippen LogP contribution < -0.4 is 5.32 Å². The Kier molecular flexibility index (Phi) is 5.19. The van der Waals surface area contributed by atoms with Gasteiger partial charge in [-0.2, -0.15) is 5.10 Å². The van der Waals surface area contributed by atoms with Crippen LogP contribution >= 0.6 is 0 Å². The molecule has 2 atom stereocenters. The molecule has 1 aromatic carbocycles. The molecule has 0 spiro atoms. The summed E-state index contributed by atoms with van der Waals surface area (Å²) in [5.74, 6) is 0.302. The van der Waals surface area contributed by atoms with Crippen molar-refractivity contribution in [3.63, 3.8) is 0 Å². The van der Waals surface area contributed by atoms with Crippen LogP contribution in [0.25, 0.3) is 11.3 Å². The Balaban J connectivity index is 1.31.